The summed E-state index contributed by atoms with van der Waals surface area (Å²) in [6.07, 6.45) is -0.190. The molecule has 0 aromatic heterocycles. The molecule has 1 unspecified atom stereocenters. The Kier molecular flexibility index (Phi) is 6.48. The van der Waals surface area contributed by atoms with E-state index in [1.54, 1.807) is 23.1 Å². The molecule has 1 atom stereocenters. The summed E-state index contributed by atoms with van der Waals surface area (Å²) in [6, 6.07) is 6.39. The van der Waals surface area contributed by atoms with Crippen molar-refractivity contribution in [3.8, 4) is 0 Å². The summed E-state index contributed by atoms with van der Waals surface area (Å²) in [6.45, 7) is 7.92. The fraction of sp³-hybridized carbons (Fsp3) is 0.556. The minimum Gasteiger partial charge on any atom is -0.374 e. The number of nitrogens with zero attached hydrogens (tertiary/aromatic N) is 1. The van der Waals surface area contributed by atoms with Crippen molar-refractivity contribution in [2.75, 3.05) is 28.9 Å². The standard InChI is InChI=1S/C18H27N3O5S/c1-13-11-21(18(3,4)12-26-13)17(23)8-9-27(24,25)20-16-7-5-6-15(10-16)19-14(2)22/h5-7,10,13,20H,8-9,11-12H2,1-4H3,(H,19,22). The second-order valence-electron chi connectivity index (χ2n) is 7.37. The van der Waals surface area contributed by atoms with Crippen LogP contribution >= 0.6 is 0 Å². The van der Waals surface area contributed by atoms with Crippen LogP contribution < -0.4 is 10.0 Å². The van der Waals surface area contributed by atoms with Crippen molar-refractivity contribution < 1.29 is 22.7 Å². The van der Waals surface area contributed by atoms with Gasteiger partial charge in [-0.25, -0.2) is 8.42 Å². The van der Waals surface area contributed by atoms with E-state index in [2.05, 4.69) is 10.0 Å². The van der Waals surface area contributed by atoms with Crippen LogP contribution in [0.5, 0.6) is 0 Å². The molecule has 2 rings (SSSR count). The van der Waals surface area contributed by atoms with E-state index >= 15 is 0 Å². The van der Waals surface area contributed by atoms with Gasteiger partial charge in [-0.05, 0) is 39.0 Å². The van der Waals surface area contributed by atoms with Gasteiger partial charge in [-0.2, -0.15) is 0 Å². The van der Waals surface area contributed by atoms with Gasteiger partial charge in [0.15, 0.2) is 0 Å². The Morgan fingerprint density at radius 2 is 1.96 bits per heavy atom. The van der Waals surface area contributed by atoms with Gasteiger partial charge >= 0.3 is 0 Å². The highest BCUT2D eigenvalue weighted by molar-refractivity contribution is 7.92. The van der Waals surface area contributed by atoms with Crippen molar-refractivity contribution in [2.45, 2.75) is 45.8 Å². The monoisotopic (exact) mass is 397 g/mol. The molecule has 150 valence electrons. The number of benzene rings is 1. The Morgan fingerprint density at radius 1 is 1.30 bits per heavy atom. The summed E-state index contributed by atoms with van der Waals surface area (Å²) < 4.78 is 32.7. The first kappa shape index (κ1) is 21.2. The lowest BCUT2D eigenvalue weighted by atomic mass is 10.0. The highest BCUT2D eigenvalue weighted by atomic mass is 32.2. The maximum atomic E-state index is 12.6. The number of sulfonamides is 1. The summed E-state index contributed by atoms with van der Waals surface area (Å²) in [5.74, 6) is -0.784. The highest BCUT2D eigenvalue weighted by Crippen LogP contribution is 2.23. The van der Waals surface area contributed by atoms with E-state index in [4.69, 9.17) is 4.74 Å². The van der Waals surface area contributed by atoms with E-state index in [0.717, 1.165) is 0 Å². The zero-order valence-electron chi connectivity index (χ0n) is 16.1. The minimum atomic E-state index is -3.71. The summed E-state index contributed by atoms with van der Waals surface area (Å²) in [4.78, 5) is 25.4. The van der Waals surface area contributed by atoms with Crippen molar-refractivity contribution in [1.29, 1.82) is 0 Å². The second kappa shape index (κ2) is 8.26. The molecule has 8 nitrogen and oxygen atoms in total. The van der Waals surface area contributed by atoms with E-state index < -0.39 is 15.6 Å². The third-order valence-electron chi connectivity index (χ3n) is 4.23. The predicted molar refractivity (Wildman–Crippen MR) is 104 cm³/mol. The second-order valence-corrected chi connectivity index (χ2v) is 9.21. The number of nitrogens with one attached hydrogen (secondary N) is 2. The Bertz CT molecular complexity index is 807. The fourth-order valence-corrected chi connectivity index (χ4v) is 3.90. The quantitative estimate of drug-likeness (QED) is 0.762. The molecule has 1 saturated heterocycles. The number of ether oxygens (including phenoxy) is 1. The largest absolute Gasteiger partial charge is 0.374 e. The predicted octanol–water partition coefficient (Wildman–Crippen LogP) is 1.80. The molecule has 1 aromatic carbocycles. The van der Waals surface area contributed by atoms with Crippen molar-refractivity contribution in [3.05, 3.63) is 24.3 Å². The minimum absolute atomic E-state index is 0.0757. The number of carbonyl (C=O) groups excluding carboxylic acids is 2. The molecule has 1 aromatic rings. The van der Waals surface area contributed by atoms with Crippen LogP contribution in [0, 0.1) is 0 Å². The van der Waals surface area contributed by atoms with Gasteiger partial charge in [0.2, 0.25) is 21.8 Å². The number of rotatable bonds is 6. The Hall–Kier alpha value is -2.13. The summed E-state index contributed by atoms with van der Waals surface area (Å²) in [7, 11) is -3.71. The maximum Gasteiger partial charge on any atom is 0.233 e. The molecule has 0 saturated carbocycles. The Balaban J connectivity index is 1.98. The number of anilines is 2. The molecule has 0 aliphatic carbocycles. The highest BCUT2D eigenvalue weighted by Gasteiger charge is 2.36. The molecule has 0 bridgehead atoms. The maximum absolute atomic E-state index is 12.6. The van der Waals surface area contributed by atoms with Gasteiger partial charge in [-0.3, -0.25) is 14.3 Å². The van der Waals surface area contributed by atoms with Gasteiger partial charge in [-0.1, -0.05) is 6.07 Å². The molecular weight excluding hydrogens is 370 g/mol. The molecule has 1 aliphatic rings. The lowest BCUT2D eigenvalue weighted by Gasteiger charge is -2.44. The van der Waals surface area contributed by atoms with Crippen molar-refractivity contribution in [2.24, 2.45) is 0 Å². The summed E-state index contributed by atoms with van der Waals surface area (Å²) in [5, 5.41) is 2.59. The average Bonchev–Trinajstić information content (AvgIpc) is 2.54. The van der Waals surface area contributed by atoms with Gasteiger partial charge in [0.1, 0.15) is 0 Å². The van der Waals surface area contributed by atoms with Crippen LogP contribution in [0.15, 0.2) is 24.3 Å². The van der Waals surface area contributed by atoms with E-state index in [1.165, 1.54) is 13.0 Å². The van der Waals surface area contributed by atoms with Crippen LogP contribution in [-0.4, -0.2) is 55.7 Å². The van der Waals surface area contributed by atoms with Crippen LogP contribution in [0.4, 0.5) is 11.4 Å². The molecule has 9 heteroatoms. The van der Waals surface area contributed by atoms with Crippen LogP contribution in [0.2, 0.25) is 0 Å². The summed E-state index contributed by atoms with van der Waals surface area (Å²) >= 11 is 0. The number of hydrogen-bond donors (Lipinski definition) is 2. The average molecular weight is 397 g/mol. The molecule has 0 radical (unpaired) electrons. The van der Waals surface area contributed by atoms with E-state index in [9.17, 15) is 18.0 Å². The SMILES string of the molecule is CC(=O)Nc1cccc(NS(=O)(=O)CCC(=O)N2CC(C)OCC2(C)C)c1. The van der Waals surface area contributed by atoms with Crippen LogP contribution in [-0.2, 0) is 24.3 Å². The zero-order valence-corrected chi connectivity index (χ0v) is 16.9. The first-order chi connectivity index (χ1) is 12.5. The summed E-state index contributed by atoms with van der Waals surface area (Å²) in [5.41, 5.74) is 0.352. The van der Waals surface area contributed by atoms with E-state index in [1.807, 2.05) is 20.8 Å². The van der Waals surface area contributed by atoms with Gasteiger partial charge < -0.3 is 15.0 Å². The molecule has 27 heavy (non-hydrogen) atoms. The van der Waals surface area contributed by atoms with Crippen LogP contribution in [0.3, 0.4) is 0 Å². The van der Waals surface area contributed by atoms with Crippen molar-refractivity contribution in [3.63, 3.8) is 0 Å². The Morgan fingerprint density at radius 3 is 2.63 bits per heavy atom. The number of amides is 2. The van der Waals surface area contributed by atoms with Gasteiger partial charge in [0, 0.05) is 25.6 Å². The van der Waals surface area contributed by atoms with Crippen LogP contribution in [0.25, 0.3) is 0 Å². The number of carbonyl (C=O) groups is 2. The van der Waals surface area contributed by atoms with Crippen molar-refractivity contribution >= 4 is 33.2 Å². The number of morpholine rings is 1. The lowest BCUT2D eigenvalue weighted by Crippen LogP contribution is -2.58. The van der Waals surface area contributed by atoms with Gasteiger partial charge in [0.25, 0.3) is 0 Å². The van der Waals surface area contributed by atoms with Gasteiger partial charge in [-0.15, -0.1) is 0 Å². The zero-order chi connectivity index (χ0) is 20.2. The van der Waals surface area contributed by atoms with E-state index in [-0.39, 0.29) is 30.1 Å². The third kappa shape index (κ3) is 6.21. The molecule has 2 N–H and O–H groups in total. The first-order valence-corrected chi connectivity index (χ1v) is 10.4. The molecule has 1 aliphatic heterocycles. The van der Waals surface area contributed by atoms with E-state index in [0.29, 0.717) is 24.5 Å². The first-order valence-electron chi connectivity index (χ1n) is 8.79. The molecule has 0 spiro atoms. The Labute approximate surface area is 160 Å². The van der Waals surface area contributed by atoms with Crippen LogP contribution in [0.1, 0.15) is 34.1 Å². The van der Waals surface area contributed by atoms with Crippen molar-refractivity contribution in [1.82, 2.24) is 4.90 Å². The fourth-order valence-electron chi connectivity index (χ4n) is 2.87. The lowest BCUT2D eigenvalue weighted by molar-refractivity contribution is -0.152. The molecule has 1 fully saturated rings. The molecule has 2 amide bonds. The third-order valence-corrected chi connectivity index (χ3v) is 5.52. The topological polar surface area (TPSA) is 105 Å². The van der Waals surface area contributed by atoms with Gasteiger partial charge in [0.05, 0.1) is 29.7 Å². The smallest absolute Gasteiger partial charge is 0.233 e. The molecule has 1 heterocycles. The normalized spacial score (nSPS) is 19.4. The number of hydrogen-bond acceptors (Lipinski definition) is 5. The molecular formula is C18H27N3O5S.